The fourth-order valence-corrected chi connectivity index (χ4v) is 5.13. The molecule has 0 unspecified atom stereocenters. The van der Waals surface area contributed by atoms with Crippen LogP contribution in [0.4, 0.5) is 5.69 Å². The molecule has 1 aliphatic rings. The lowest BCUT2D eigenvalue weighted by atomic mass is 9.97. The number of aryl methyl sites for hydroxylation is 1. The molecule has 0 aromatic heterocycles. The Morgan fingerprint density at radius 3 is 2.44 bits per heavy atom. The molecule has 2 aromatic carbocycles. The van der Waals surface area contributed by atoms with Crippen LogP contribution in [0.2, 0.25) is 0 Å². The van der Waals surface area contributed by atoms with Crippen LogP contribution < -0.4 is 5.32 Å². The van der Waals surface area contributed by atoms with Crippen molar-refractivity contribution in [2.24, 2.45) is 5.92 Å². The smallest absolute Gasteiger partial charge is 0.227 e. The SMILES string of the molecule is Cc1ccc(NC(=O)C2CCN(S(=O)(=O)Cc3ccccc3)CC2)cc1Br. The van der Waals surface area contributed by atoms with E-state index < -0.39 is 10.0 Å². The van der Waals surface area contributed by atoms with Crippen molar-refractivity contribution in [2.75, 3.05) is 18.4 Å². The summed E-state index contributed by atoms with van der Waals surface area (Å²) in [7, 11) is -3.36. The molecule has 0 saturated carbocycles. The monoisotopic (exact) mass is 450 g/mol. The lowest BCUT2D eigenvalue weighted by Gasteiger charge is -2.30. The van der Waals surface area contributed by atoms with Gasteiger partial charge in [-0.25, -0.2) is 12.7 Å². The number of nitrogens with one attached hydrogen (secondary N) is 1. The second-order valence-corrected chi connectivity index (χ2v) is 9.69. The summed E-state index contributed by atoms with van der Waals surface area (Å²) in [6.45, 7) is 2.75. The van der Waals surface area contributed by atoms with E-state index in [1.54, 1.807) is 0 Å². The van der Waals surface area contributed by atoms with Gasteiger partial charge >= 0.3 is 0 Å². The third-order valence-electron chi connectivity index (χ3n) is 4.85. The van der Waals surface area contributed by atoms with Gasteiger partial charge in [-0.3, -0.25) is 4.79 Å². The van der Waals surface area contributed by atoms with E-state index in [2.05, 4.69) is 21.2 Å². The minimum absolute atomic E-state index is 0.00208. The minimum atomic E-state index is -3.36. The Kier molecular flexibility index (Phi) is 6.34. The molecule has 0 radical (unpaired) electrons. The van der Waals surface area contributed by atoms with Crippen LogP contribution in [0.15, 0.2) is 53.0 Å². The summed E-state index contributed by atoms with van der Waals surface area (Å²) in [6, 6.07) is 14.9. The molecule has 1 N–H and O–H groups in total. The van der Waals surface area contributed by atoms with Crippen LogP contribution in [0.1, 0.15) is 24.0 Å². The van der Waals surface area contributed by atoms with Gasteiger partial charge in [-0.05, 0) is 43.0 Å². The first-order chi connectivity index (χ1) is 12.8. The lowest BCUT2D eigenvalue weighted by molar-refractivity contribution is -0.120. The summed E-state index contributed by atoms with van der Waals surface area (Å²) in [5, 5.41) is 2.94. The van der Waals surface area contributed by atoms with E-state index in [0.29, 0.717) is 25.9 Å². The van der Waals surface area contributed by atoms with E-state index in [1.807, 2.05) is 55.5 Å². The first-order valence-electron chi connectivity index (χ1n) is 8.94. The maximum absolute atomic E-state index is 12.6. The minimum Gasteiger partial charge on any atom is -0.326 e. The van der Waals surface area contributed by atoms with Gasteiger partial charge in [0, 0.05) is 29.2 Å². The van der Waals surface area contributed by atoms with Gasteiger partial charge in [-0.15, -0.1) is 0 Å². The van der Waals surface area contributed by atoms with E-state index in [1.165, 1.54) is 4.31 Å². The number of sulfonamides is 1. The average molecular weight is 451 g/mol. The number of anilines is 1. The number of amides is 1. The molecule has 3 rings (SSSR count). The number of halogens is 1. The molecule has 0 bridgehead atoms. The van der Waals surface area contributed by atoms with Gasteiger partial charge < -0.3 is 5.32 Å². The molecule has 0 aliphatic carbocycles. The number of hydrogen-bond acceptors (Lipinski definition) is 3. The molecule has 1 aliphatic heterocycles. The number of piperidine rings is 1. The maximum atomic E-state index is 12.6. The van der Waals surface area contributed by atoms with Crippen LogP contribution in [0.3, 0.4) is 0 Å². The number of carbonyl (C=O) groups is 1. The van der Waals surface area contributed by atoms with Gasteiger partial charge in [0.1, 0.15) is 0 Å². The van der Waals surface area contributed by atoms with Gasteiger partial charge in [-0.2, -0.15) is 0 Å². The summed E-state index contributed by atoms with van der Waals surface area (Å²) >= 11 is 3.46. The first-order valence-corrected chi connectivity index (χ1v) is 11.3. The van der Waals surface area contributed by atoms with Crippen molar-refractivity contribution in [3.05, 3.63) is 64.1 Å². The second-order valence-electron chi connectivity index (χ2n) is 6.87. The Labute approximate surface area is 169 Å². The summed E-state index contributed by atoms with van der Waals surface area (Å²) in [5.74, 6) is -0.221. The average Bonchev–Trinajstić information content (AvgIpc) is 2.65. The Hall–Kier alpha value is -1.70. The molecule has 1 fully saturated rings. The number of hydrogen-bond donors (Lipinski definition) is 1. The van der Waals surface area contributed by atoms with Gasteiger partial charge in [0.25, 0.3) is 0 Å². The van der Waals surface area contributed by atoms with Gasteiger partial charge in [0.2, 0.25) is 15.9 Å². The predicted octanol–water partition coefficient (Wildman–Crippen LogP) is 3.94. The van der Waals surface area contributed by atoms with Crippen LogP contribution in [0, 0.1) is 12.8 Å². The molecule has 144 valence electrons. The predicted molar refractivity (Wildman–Crippen MR) is 111 cm³/mol. The highest BCUT2D eigenvalue weighted by Gasteiger charge is 2.31. The van der Waals surface area contributed by atoms with E-state index in [4.69, 9.17) is 0 Å². The highest BCUT2D eigenvalue weighted by molar-refractivity contribution is 9.10. The van der Waals surface area contributed by atoms with Crippen molar-refractivity contribution in [2.45, 2.75) is 25.5 Å². The lowest BCUT2D eigenvalue weighted by Crippen LogP contribution is -2.41. The van der Waals surface area contributed by atoms with E-state index in [9.17, 15) is 13.2 Å². The van der Waals surface area contributed by atoms with Gasteiger partial charge in [0.15, 0.2) is 0 Å². The fraction of sp³-hybridized carbons (Fsp3) is 0.350. The van der Waals surface area contributed by atoms with Crippen molar-refractivity contribution >= 4 is 37.5 Å². The molecule has 1 heterocycles. The molecule has 7 heteroatoms. The molecule has 27 heavy (non-hydrogen) atoms. The van der Waals surface area contributed by atoms with Crippen LogP contribution >= 0.6 is 15.9 Å². The van der Waals surface area contributed by atoms with Gasteiger partial charge in [0.05, 0.1) is 5.75 Å². The van der Waals surface area contributed by atoms with Crippen LogP contribution in [-0.4, -0.2) is 31.7 Å². The standard InChI is InChI=1S/C20H23BrN2O3S/c1-15-7-8-18(13-19(15)21)22-20(24)17-9-11-23(12-10-17)27(25,26)14-16-5-3-2-4-6-16/h2-8,13,17H,9-12,14H2,1H3,(H,22,24). The van der Waals surface area contributed by atoms with Crippen LogP contribution in [0.25, 0.3) is 0 Å². The molecule has 0 spiro atoms. The maximum Gasteiger partial charge on any atom is 0.227 e. The number of nitrogens with zero attached hydrogens (tertiary/aromatic N) is 1. The molecule has 0 atom stereocenters. The molecule has 5 nitrogen and oxygen atoms in total. The van der Waals surface area contributed by atoms with Crippen LogP contribution in [-0.2, 0) is 20.6 Å². The van der Waals surface area contributed by atoms with E-state index >= 15 is 0 Å². The summed E-state index contributed by atoms with van der Waals surface area (Å²) in [5.41, 5.74) is 2.63. The zero-order valence-corrected chi connectivity index (χ0v) is 17.6. The zero-order chi connectivity index (χ0) is 19.4. The Bertz CT molecular complexity index is 908. The number of rotatable bonds is 5. The van der Waals surface area contributed by atoms with Crippen molar-refractivity contribution in [1.82, 2.24) is 4.31 Å². The van der Waals surface area contributed by atoms with Crippen molar-refractivity contribution in [3.63, 3.8) is 0 Å². The zero-order valence-electron chi connectivity index (χ0n) is 15.2. The quantitative estimate of drug-likeness (QED) is 0.749. The van der Waals surface area contributed by atoms with E-state index in [0.717, 1.165) is 21.3 Å². The highest BCUT2D eigenvalue weighted by Crippen LogP contribution is 2.25. The fourth-order valence-electron chi connectivity index (χ4n) is 3.19. The second kappa shape index (κ2) is 8.54. The Balaban J connectivity index is 1.56. The topological polar surface area (TPSA) is 66.5 Å². The summed E-state index contributed by atoms with van der Waals surface area (Å²) in [4.78, 5) is 12.5. The Morgan fingerprint density at radius 1 is 1.15 bits per heavy atom. The number of benzene rings is 2. The highest BCUT2D eigenvalue weighted by atomic mass is 79.9. The Morgan fingerprint density at radius 2 is 1.81 bits per heavy atom. The van der Waals surface area contributed by atoms with Crippen LogP contribution in [0.5, 0.6) is 0 Å². The third-order valence-corrected chi connectivity index (χ3v) is 7.55. The van der Waals surface area contributed by atoms with Crippen molar-refractivity contribution in [1.29, 1.82) is 0 Å². The molecule has 1 saturated heterocycles. The first kappa shape index (κ1) is 20.0. The van der Waals surface area contributed by atoms with E-state index in [-0.39, 0.29) is 17.6 Å². The largest absolute Gasteiger partial charge is 0.326 e. The van der Waals surface area contributed by atoms with Crippen molar-refractivity contribution in [3.8, 4) is 0 Å². The number of carbonyl (C=O) groups excluding carboxylic acids is 1. The molecule has 1 amide bonds. The third kappa shape index (κ3) is 5.18. The summed E-state index contributed by atoms with van der Waals surface area (Å²) < 4.78 is 27.7. The molecular formula is C20H23BrN2O3S. The van der Waals surface area contributed by atoms with Crippen molar-refractivity contribution < 1.29 is 13.2 Å². The normalized spacial score (nSPS) is 16.2. The molecule has 2 aromatic rings. The summed E-state index contributed by atoms with van der Waals surface area (Å²) in [6.07, 6.45) is 1.07. The molecular weight excluding hydrogens is 428 g/mol. The van der Waals surface area contributed by atoms with Gasteiger partial charge in [-0.1, -0.05) is 52.3 Å².